The van der Waals surface area contributed by atoms with Gasteiger partial charge in [0.15, 0.2) is 11.0 Å². The molecule has 10 heterocycles. The molecule has 1 amide bonds. The average Bonchev–Trinajstić information content (AvgIpc) is 4.11. The highest BCUT2D eigenvalue weighted by molar-refractivity contribution is 5.93. The van der Waals surface area contributed by atoms with E-state index >= 15 is 0 Å². The number of carbonyl (C=O) groups excluding carboxylic acids is 1. The highest BCUT2D eigenvalue weighted by Crippen LogP contribution is 2.32. The van der Waals surface area contributed by atoms with E-state index in [-0.39, 0.29) is 46.3 Å². The minimum Gasteiger partial charge on any atom is -0.478 e. The van der Waals surface area contributed by atoms with Crippen molar-refractivity contribution in [1.82, 2.24) is 69.3 Å². The van der Waals surface area contributed by atoms with Crippen LogP contribution in [0.5, 0.6) is 0 Å². The van der Waals surface area contributed by atoms with Gasteiger partial charge in [-0.15, -0.1) is 0 Å². The first kappa shape index (κ1) is 41.4. The number of nitrogens with zero attached hydrogens (tertiary/aromatic N) is 11. The first-order valence-electron chi connectivity index (χ1n) is 20.5. The summed E-state index contributed by atoms with van der Waals surface area (Å²) in [5, 5.41) is 21.1. The van der Waals surface area contributed by atoms with Gasteiger partial charge in [-0.2, -0.15) is 10.2 Å². The molecule has 10 rings (SSSR count). The highest BCUT2D eigenvalue weighted by Gasteiger charge is 2.36. The lowest BCUT2D eigenvalue weighted by Gasteiger charge is -2.21. The number of fused-ring (bicyclic) bond motifs is 2. The van der Waals surface area contributed by atoms with Crippen molar-refractivity contribution in [2.75, 3.05) is 52.6 Å². The number of carbonyl (C=O) groups is 2. The van der Waals surface area contributed by atoms with E-state index in [2.05, 4.69) is 59.0 Å². The van der Waals surface area contributed by atoms with Crippen LogP contribution in [0.25, 0.3) is 11.0 Å². The summed E-state index contributed by atoms with van der Waals surface area (Å²) in [6, 6.07) is 0. The van der Waals surface area contributed by atoms with Crippen molar-refractivity contribution in [2.45, 2.75) is 63.2 Å². The second kappa shape index (κ2) is 18.5. The molecular weight excluding hydrogens is 789 g/mol. The first-order chi connectivity index (χ1) is 29.7. The van der Waals surface area contributed by atoms with Gasteiger partial charge in [0.2, 0.25) is 0 Å². The van der Waals surface area contributed by atoms with Gasteiger partial charge in [0.1, 0.15) is 36.0 Å². The largest absolute Gasteiger partial charge is 0.478 e. The molecule has 0 radical (unpaired) electrons. The van der Waals surface area contributed by atoms with Gasteiger partial charge in [0.05, 0.1) is 23.5 Å². The van der Waals surface area contributed by atoms with Crippen LogP contribution in [-0.2, 0) is 9.47 Å². The third-order valence-electron chi connectivity index (χ3n) is 11.8. The molecule has 4 saturated heterocycles. The van der Waals surface area contributed by atoms with Gasteiger partial charge < -0.3 is 34.8 Å². The van der Waals surface area contributed by atoms with Gasteiger partial charge in [-0.3, -0.25) is 14.4 Å². The second-order valence-electron chi connectivity index (χ2n) is 15.9. The molecule has 0 spiro atoms. The van der Waals surface area contributed by atoms with Crippen molar-refractivity contribution in [3.05, 3.63) is 105 Å². The summed E-state index contributed by atoms with van der Waals surface area (Å²) in [6.07, 6.45) is 15.0. The normalized spacial score (nSPS) is 22.1. The Balaban J connectivity index is 0.000000144. The van der Waals surface area contributed by atoms with E-state index in [0.29, 0.717) is 60.6 Å². The van der Waals surface area contributed by atoms with E-state index < -0.39 is 5.97 Å². The molecule has 0 aromatic carbocycles. The Morgan fingerprint density at radius 2 is 1.15 bits per heavy atom. The van der Waals surface area contributed by atoms with Gasteiger partial charge in [-0.05, 0) is 44.1 Å². The third kappa shape index (κ3) is 9.08. The highest BCUT2D eigenvalue weighted by atomic mass is 16.5. The van der Waals surface area contributed by atoms with Crippen LogP contribution in [0.2, 0.25) is 0 Å². The number of carboxylic acids is 1. The number of nitrogens with one attached hydrogen (secondary N) is 3. The van der Waals surface area contributed by atoms with Crippen molar-refractivity contribution in [2.24, 2.45) is 11.8 Å². The maximum Gasteiger partial charge on any atom is 0.338 e. The zero-order valence-corrected chi connectivity index (χ0v) is 33.9. The topological polar surface area (TPSA) is 266 Å². The van der Waals surface area contributed by atoms with Crippen LogP contribution in [0.1, 0.15) is 107 Å². The van der Waals surface area contributed by atoms with Crippen LogP contribution in [-0.4, -0.2) is 134 Å². The van der Waals surface area contributed by atoms with E-state index in [4.69, 9.17) is 24.8 Å². The maximum absolute atomic E-state index is 12.8. The second-order valence-corrected chi connectivity index (χ2v) is 15.9. The Hall–Kier alpha value is -6.32. The minimum absolute atomic E-state index is 0.0689. The molecular formula is C40H48N14O7. The van der Waals surface area contributed by atoms with Gasteiger partial charge in [-0.1, -0.05) is 13.8 Å². The molecule has 4 aliphatic heterocycles. The molecule has 61 heavy (non-hydrogen) atoms. The summed E-state index contributed by atoms with van der Waals surface area (Å²) >= 11 is 0. The van der Waals surface area contributed by atoms with Crippen molar-refractivity contribution < 1.29 is 24.2 Å². The number of hydrogen-bond acceptors (Lipinski definition) is 15. The van der Waals surface area contributed by atoms with Crippen molar-refractivity contribution in [1.29, 1.82) is 0 Å². The Labute approximate surface area is 348 Å². The Kier molecular flexibility index (Phi) is 12.6. The quantitative estimate of drug-likeness (QED) is 0.186. The fraction of sp³-hybridized carbons (Fsp3) is 0.500. The number of imidazole rings is 2. The van der Waals surface area contributed by atoms with Gasteiger partial charge in [-0.25, -0.2) is 43.7 Å². The molecule has 0 aliphatic carbocycles. The summed E-state index contributed by atoms with van der Waals surface area (Å²) < 4.78 is 14.3. The zero-order valence-electron chi connectivity index (χ0n) is 33.9. The first-order valence-corrected chi connectivity index (χ1v) is 20.5. The lowest BCUT2D eigenvalue weighted by Crippen LogP contribution is -2.29. The molecule has 4 atom stereocenters. The van der Waals surface area contributed by atoms with Crippen molar-refractivity contribution in [3.63, 3.8) is 0 Å². The number of H-pyrrole nitrogens is 2. The van der Waals surface area contributed by atoms with Crippen molar-refractivity contribution >= 4 is 22.9 Å². The van der Waals surface area contributed by atoms with Crippen LogP contribution in [0.4, 0.5) is 0 Å². The Morgan fingerprint density at radius 3 is 1.61 bits per heavy atom. The van der Waals surface area contributed by atoms with Crippen LogP contribution >= 0.6 is 0 Å². The number of likely N-dealkylation sites (tertiary alicyclic amines) is 1. The van der Waals surface area contributed by atoms with Crippen LogP contribution in [0.3, 0.4) is 0 Å². The molecule has 4 N–H and O–H groups in total. The lowest BCUT2D eigenvalue weighted by molar-refractivity contribution is 0.0695. The predicted octanol–water partition coefficient (Wildman–Crippen LogP) is 1.79. The standard InChI is InChI=1S/C20H23N7O3.C15H21N5O2.C5H4N2O2/c1-12-9-26(20(29)14-6-21-11-22-7-14)10-15(12)17-24-19(28)16-8-23-18(27(16)25-17)13-2-4-30-5-3-13;1-9-6-16-7-11(9)13-18-15(21)12-8-17-14(20(12)19-13)10-2-4-22-5-3-10;8-5(9)4-1-6-3-7-2-4/h6-8,11-13,15H,2-5,9-10H2,1H3,(H,24,25,28);8-11,16H,2-7H2,1H3,(H,18,19,21);1-3H,(H,8,9). The van der Waals surface area contributed by atoms with Gasteiger partial charge in [0, 0.05) is 94.5 Å². The summed E-state index contributed by atoms with van der Waals surface area (Å²) in [5.41, 5.74) is 1.23. The van der Waals surface area contributed by atoms with Crippen LogP contribution in [0.15, 0.2) is 59.4 Å². The molecule has 4 fully saturated rings. The molecule has 6 aromatic rings. The van der Waals surface area contributed by atoms with E-state index in [1.165, 1.54) is 37.4 Å². The van der Waals surface area contributed by atoms with E-state index in [1.54, 1.807) is 26.3 Å². The predicted molar refractivity (Wildman–Crippen MR) is 216 cm³/mol. The molecule has 21 nitrogen and oxygen atoms in total. The monoisotopic (exact) mass is 836 g/mol. The number of aromatic carboxylic acids is 1. The van der Waals surface area contributed by atoms with Crippen molar-refractivity contribution in [3.8, 4) is 0 Å². The third-order valence-corrected chi connectivity index (χ3v) is 11.8. The summed E-state index contributed by atoms with van der Waals surface area (Å²) in [5.74, 6) is 3.28. The number of carboxylic acid groups (broad SMARTS) is 1. The van der Waals surface area contributed by atoms with Crippen LogP contribution in [0, 0.1) is 11.8 Å². The van der Waals surface area contributed by atoms with Gasteiger partial charge >= 0.3 is 5.97 Å². The van der Waals surface area contributed by atoms with Crippen LogP contribution < -0.4 is 16.4 Å². The molecule has 320 valence electrons. The fourth-order valence-corrected chi connectivity index (χ4v) is 8.33. The van der Waals surface area contributed by atoms with E-state index in [9.17, 15) is 19.2 Å². The van der Waals surface area contributed by atoms with E-state index in [0.717, 1.165) is 69.5 Å². The number of amides is 1. The smallest absolute Gasteiger partial charge is 0.338 e. The number of rotatable bonds is 6. The number of aromatic nitrogens is 12. The summed E-state index contributed by atoms with van der Waals surface area (Å²) in [4.78, 5) is 79.5. The molecule has 0 saturated carbocycles. The molecule has 4 aliphatic rings. The van der Waals surface area contributed by atoms with E-state index in [1.807, 2.05) is 0 Å². The Morgan fingerprint density at radius 1 is 0.656 bits per heavy atom. The molecule has 0 bridgehead atoms. The summed E-state index contributed by atoms with van der Waals surface area (Å²) in [7, 11) is 0. The zero-order chi connectivity index (χ0) is 42.5. The molecule has 21 heteroatoms. The molecule has 6 aromatic heterocycles. The molecule has 4 unspecified atom stereocenters. The maximum atomic E-state index is 12.8. The number of aromatic amines is 2. The SMILES string of the molecule is CC1CN(C(=O)c2cncnc2)CC1c1nn2c(C3CCOCC3)ncc2c(=O)[nH]1.CC1CNCC1c1nn2c(C3CCOCC3)ncc2c(=O)[nH]1.O=C(O)c1cncnc1. The summed E-state index contributed by atoms with van der Waals surface area (Å²) in [6.45, 7) is 10.0. The minimum atomic E-state index is -1.00. The lowest BCUT2D eigenvalue weighted by atomic mass is 9.97. The average molecular weight is 837 g/mol. The fourth-order valence-electron chi connectivity index (χ4n) is 8.33. The van der Waals surface area contributed by atoms with Gasteiger partial charge in [0.25, 0.3) is 17.0 Å². The number of hydrogen-bond donors (Lipinski definition) is 4. The Bertz CT molecular complexity index is 2570. The number of ether oxygens (including phenoxy) is 2.